The second-order valence-corrected chi connectivity index (χ2v) is 13.5. The Balaban J connectivity index is 1.32. The third-order valence-electron chi connectivity index (χ3n) is 11.2. The maximum absolute atomic E-state index is 7.28. The van der Waals surface area contributed by atoms with Crippen molar-refractivity contribution < 1.29 is 4.74 Å². The molecule has 5 aliphatic carbocycles. The van der Waals surface area contributed by atoms with Crippen LogP contribution in [0.2, 0.25) is 0 Å². The van der Waals surface area contributed by atoms with Gasteiger partial charge < -0.3 is 4.74 Å². The van der Waals surface area contributed by atoms with Crippen LogP contribution in [0.4, 0.5) is 0 Å². The zero-order valence-corrected chi connectivity index (χ0v) is 22.8. The third-order valence-corrected chi connectivity index (χ3v) is 11.2. The summed E-state index contributed by atoms with van der Waals surface area (Å²) in [5.74, 6) is 8.13. The topological polar surface area (TPSA) is 9.23 Å². The van der Waals surface area contributed by atoms with E-state index in [1.807, 2.05) is 11.1 Å². The van der Waals surface area contributed by atoms with Gasteiger partial charge in [0.05, 0.1) is 0 Å². The van der Waals surface area contributed by atoms with Crippen molar-refractivity contribution in [3.8, 4) is 0 Å². The van der Waals surface area contributed by atoms with Gasteiger partial charge in [0.1, 0.15) is 11.5 Å². The molecule has 0 bridgehead atoms. The Morgan fingerprint density at radius 2 is 0.514 bits per heavy atom. The quantitative estimate of drug-likeness (QED) is 0.336. The van der Waals surface area contributed by atoms with E-state index >= 15 is 0 Å². The summed E-state index contributed by atoms with van der Waals surface area (Å²) in [6, 6.07) is 0. The number of rotatable bonds is 0. The fraction of sp³-hybridized carbons (Fsp3) is 0.882. The van der Waals surface area contributed by atoms with Gasteiger partial charge in [0, 0.05) is 11.8 Å². The molecule has 196 valence electrons. The van der Waals surface area contributed by atoms with Gasteiger partial charge in [-0.05, 0) is 73.3 Å². The maximum Gasteiger partial charge on any atom is 0.107 e. The molecule has 0 saturated heterocycles. The van der Waals surface area contributed by atoms with Crippen LogP contribution in [-0.2, 0) is 4.74 Å². The highest BCUT2D eigenvalue weighted by Crippen LogP contribution is 2.63. The van der Waals surface area contributed by atoms with E-state index < -0.39 is 0 Å². The van der Waals surface area contributed by atoms with E-state index in [1.54, 1.807) is 11.5 Å². The van der Waals surface area contributed by atoms with E-state index in [2.05, 4.69) is 0 Å². The van der Waals surface area contributed by atoms with Crippen molar-refractivity contribution in [1.29, 1.82) is 0 Å². The van der Waals surface area contributed by atoms with Crippen LogP contribution >= 0.6 is 0 Å². The molecule has 0 aromatic rings. The third kappa shape index (κ3) is 5.31. The highest BCUT2D eigenvalue weighted by atomic mass is 16.5. The van der Waals surface area contributed by atoms with Gasteiger partial charge >= 0.3 is 0 Å². The number of ether oxygens (including phenoxy) is 1. The van der Waals surface area contributed by atoms with Crippen molar-refractivity contribution in [2.45, 2.75) is 154 Å². The molecule has 0 aromatic carbocycles. The molecule has 4 fully saturated rings. The molecule has 1 heterocycles. The Labute approximate surface area is 216 Å². The average Bonchev–Trinajstić information content (AvgIpc) is 3.57. The molecule has 0 radical (unpaired) electrons. The SMILES string of the molecule is C1CCCCC2C3=C(OC(=C4C5CCCCCCCCC45)C4CCCCCCCCC34)C2CCC1. The van der Waals surface area contributed by atoms with E-state index in [-0.39, 0.29) is 0 Å². The van der Waals surface area contributed by atoms with Crippen LogP contribution < -0.4 is 0 Å². The summed E-state index contributed by atoms with van der Waals surface area (Å²) in [6.45, 7) is 0. The summed E-state index contributed by atoms with van der Waals surface area (Å²) >= 11 is 0. The summed E-state index contributed by atoms with van der Waals surface area (Å²) in [6.07, 6.45) is 35.0. The van der Waals surface area contributed by atoms with Crippen LogP contribution in [0.3, 0.4) is 0 Å². The first-order valence-corrected chi connectivity index (χ1v) is 16.6. The molecule has 35 heavy (non-hydrogen) atoms. The van der Waals surface area contributed by atoms with Crippen LogP contribution in [0.5, 0.6) is 0 Å². The van der Waals surface area contributed by atoms with Gasteiger partial charge in [-0.3, -0.25) is 0 Å². The monoisotopic (exact) mass is 478 g/mol. The molecule has 4 saturated carbocycles. The van der Waals surface area contributed by atoms with E-state index in [0.717, 1.165) is 35.5 Å². The Morgan fingerprint density at radius 3 is 0.829 bits per heavy atom. The predicted octanol–water partition coefficient (Wildman–Crippen LogP) is 10.7. The summed E-state index contributed by atoms with van der Waals surface area (Å²) < 4.78 is 7.28. The normalized spacial score (nSPS) is 39.5. The van der Waals surface area contributed by atoms with Crippen LogP contribution in [0.1, 0.15) is 154 Å². The van der Waals surface area contributed by atoms with Gasteiger partial charge in [-0.15, -0.1) is 0 Å². The molecule has 0 amide bonds. The summed E-state index contributed by atoms with van der Waals surface area (Å²) in [7, 11) is 0. The van der Waals surface area contributed by atoms with Crippen molar-refractivity contribution in [3.63, 3.8) is 0 Å². The van der Waals surface area contributed by atoms with Crippen molar-refractivity contribution in [2.24, 2.45) is 35.5 Å². The highest BCUT2D eigenvalue weighted by molar-refractivity contribution is 5.42. The minimum Gasteiger partial charge on any atom is -0.466 e. The van der Waals surface area contributed by atoms with E-state index in [1.165, 1.54) is 154 Å². The Bertz CT molecular complexity index is 755. The zero-order valence-electron chi connectivity index (χ0n) is 22.8. The van der Waals surface area contributed by atoms with Gasteiger partial charge in [0.2, 0.25) is 0 Å². The zero-order chi connectivity index (χ0) is 23.5. The Hall–Kier alpha value is -0.720. The molecule has 6 unspecified atom stereocenters. The molecule has 1 heteroatoms. The Kier molecular flexibility index (Phi) is 8.27. The molecule has 6 aliphatic rings. The molecule has 0 N–H and O–H groups in total. The molecule has 0 spiro atoms. The van der Waals surface area contributed by atoms with Crippen LogP contribution in [0, 0.1) is 35.5 Å². The first-order chi connectivity index (χ1) is 17.4. The largest absolute Gasteiger partial charge is 0.466 e. The van der Waals surface area contributed by atoms with Crippen molar-refractivity contribution >= 4 is 0 Å². The minimum absolute atomic E-state index is 0.732. The number of fused-ring (bicyclic) bond motifs is 6. The van der Waals surface area contributed by atoms with Gasteiger partial charge in [0.15, 0.2) is 0 Å². The van der Waals surface area contributed by atoms with Crippen molar-refractivity contribution in [2.75, 3.05) is 0 Å². The maximum atomic E-state index is 7.28. The Morgan fingerprint density at radius 1 is 0.286 bits per heavy atom. The van der Waals surface area contributed by atoms with Gasteiger partial charge in [-0.2, -0.15) is 0 Å². The fourth-order valence-corrected chi connectivity index (χ4v) is 9.30. The highest BCUT2D eigenvalue weighted by Gasteiger charge is 2.54. The summed E-state index contributed by atoms with van der Waals surface area (Å²) in [5, 5.41) is 0. The average molecular weight is 479 g/mol. The molecule has 6 rings (SSSR count). The van der Waals surface area contributed by atoms with E-state index in [4.69, 9.17) is 4.74 Å². The summed E-state index contributed by atoms with van der Waals surface area (Å²) in [4.78, 5) is 0. The lowest BCUT2D eigenvalue weighted by molar-refractivity contribution is 0.0645. The number of allylic oxidation sites excluding steroid dienone is 4. The van der Waals surface area contributed by atoms with Crippen LogP contribution in [-0.4, -0.2) is 0 Å². The van der Waals surface area contributed by atoms with Crippen molar-refractivity contribution in [3.05, 3.63) is 22.7 Å². The fourth-order valence-electron chi connectivity index (χ4n) is 9.30. The van der Waals surface area contributed by atoms with Gasteiger partial charge in [-0.1, -0.05) is 116 Å². The lowest BCUT2D eigenvalue weighted by Gasteiger charge is -2.51. The number of hydrogen-bond donors (Lipinski definition) is 0. The second-order valence-electron chi connectivity index (χ2n) is 13.5. The minimum atomic E-state index is 0.732. The van der Waals surface area contributed by atoms with E-state index in [9.17, 15) is 0 Å². The molecule has 0 aromatic heterocycles. The first kappa shape index (κ1) is 24.6. The molecule has 1 nitrogen and oxygen atoms in total. The lowest BCUT2D eigenvalue weighted by Crippen LogP contribution is -2.43. The predicted molar refractivity (Wildman–Crippen MR) is 147 cm³/mol. The molecule has 1 aliphatic heterocycles. The lowest BCUT2D eigenvalue weighted by atomic mass is 9.58. The first-order valence-electron chi connectivity index (χ1n) is 16.6. The van der Waals surface area contributed by atoms with Crippen LogP contribution in [0.15, 0.2) is 22.7 Å². The molecular weight excluding hydrogens is 424 g/mol. The summed E-state index contributed by atoms with van der Waals surface area (Å²) in [5.41, 5.74) is 3.73. The molecular formula is C34H54O. The van der Waals surface area contributed by atoms with Gasteiger partial charge in [0.25, 0.3) is 0 Å². The second kappa shape index (κ2) is 11.8. The molecule has 6 atom stereocenters. The van der Waals surface area contributed by atoms with Crippen molar-refractivity contribution in [1.82, 2.24) is 0 Å². The van der Waals surface area contributed by atoms with E-state index in [0.29, 0.717) is 0 Å². The van der Waals surface area contributed by atoms with Crippen LogP contribution in [0.25, 0.3) is 0 Å². The standard InChI is InChI=1S/C34H54O/c1-2-8-14-20-26-25(19-13-7-1)31(26)33-29-23-17-11-5-3-9-15-21-27(29)32-28-22-16-10-4-6-12-18-24-30(28)34(32)35-33/h25-30H,1-24H2. The number of hydrogen-bond acceptors (Lipinski definition) is 1. The van der Waals surface area contributed by atoms with Gasteiger partial charge in [-0.25, -0.2) is 0 Å². The smallest absolute Gasteiger partial charge is 0.107 e.